The molecule has 2 unspecified atom stereocenters. The van der Waals surface area contributed by atoms with Crippen LogP contribution in [0.1, 0.15) is 25.0 Å². The number of methoxy groups -OCH3 is 1. The van der Waals surface area contributed by atoms with E-state index in [1.54, 1.807) is 7.11 Å². The smallest absolute Gasteiger partial charge is 0.0948 e. The second-order valence-electron chi connectivity index (χ2n) is 4.40. The van der Waals surface area contributed by atoms with E-state index in [4.69, 9.17) is 4.74 Å². The van der Waals surface area contributed by atoms with E-state index >= 15 is 0 Å². The molecule has 0 radical (unpaired) electrons. The molecule has 4 nitrogen and oxygen atoms in total. The summed E-state index contributed by atoms with van der Waals surface area (Å²) < 4.78 is 7.25. The Morgan fingerprint density at radius 1 is 1.62 bits per heavy atom. The Labute approximate surface area is 97.0 Å². The zero-order valence-electron chi connectivity index (χ0n) is 10.1. The summed E-state index contributed by atoms with van der Waals surface area (Å²) >= 11 is 0. The highest BCUT2D eigenvalue weighted by Gasteiger charge is 2.39. The molecule has 1 aliphatic carbocycles. The molecule has 1 aliphatic rings. The fraction of sp³-hybridized carbons (Fsp3) is 0.750. The number of hydrogen-bond acceptors (Lipinski definition) is 3. The minimum atomic E-state index is 0.720. The van der Waals surface area contributed by atoms with Crippen LogP contribution in [0.15, 0.2) is 12.5 Å². The Morgan fingerprint density at radius 2 is 2.50 bits per heavy atom. The van der Waals surface area contributed by atoms with Crippen LogP contribution in [0.4, 0.5) is 0 Å². The molecule has 2 rings (SSSR count). The van der Waals surface area contributed by atoms with E-state index in [1.807, 2.05) is 12.5 Å². The summed E-state index contributed by atoms with van der Waals surface area (Å²) in [7, 11) is 1.74. The molecular weight excluding hydrogens is 202 g/mol. The summed E-state index contributed by atoms with van der Waals surface area (Å²) in [6.07, 6.45) is 5.25. The molecule has 0 spiro atoms. The molecule has 1 aromatic heterocycles. The Morgan fingerprint density at radius 3 is 3.25 bits per heavy atom. The van der Waals surface area contributed by atoms with E-state index in [0.717, 1.165) is 38.1 Å². The lowest BCUT2D eigenvalue weighted by molar-refractivity contribution is 0.199. The van der Waals surface area contributed by atoms with Crippen LogP contribution in [-0.2, 0) is 11.3 Å². The number of nitrogens with one attached hydrogen (secondary N) is 1. The molecular formula is C12H21N3O. The first-order chi connectivity index (χ1) is 7.86. The third-order valence-electron chi connectivity index (χ3n) is 3.28. The summed E-state index contributed by atoms with van der Waals surface area (Å²) in [6, 6.07) is 0. The van der Waals surface area contributed by atoms with Gasteiger partial charge in [0.2, 0.25) is 0 Å². The fourth-order valence-corrected chi connectivity index (χ4v) is 2.20. The average molecular weight is 223 g/mol. The molecule has 1 saturated carbocycles. The molecule has 1 fully saturated rings. The largest absolute Gasteiger partial charge is 0.383 e. The fourth-order valence-electron chi connectivity index (χ4n) is 2.20. The maximum Gasteiger partial charge on any atom is 0.0948 e. The van der Waals surface area contributed by atoms with Crippen LogP contribution < -0.4 is 5.32 Å². The highest BCUT2D eigenvalue weighted by Crippen LogP contribution is 2.46. The van der Waals surface area contributed by atoms with E-state index in [0.29, 0.717) is 0 Å². The van der Waals surface area contributed by atoms with E-state index in [1.165, 1.54) is 12.1 Å². The summed E-state index contributed by atoms with van der Waals surface area (Å²) in [4.78, 5) is 4.22. The molecule has 0 bridgehead atoms. The lowest BCUT2D eigenvalue weighted by Crippen LogP contribution is -2.22. The topological polar surface area (TPSA) is 39.1 Å². The number of imidazole rings is 1. The third kappa shape index (κ3) is 2.62. The van der Waals surface area contributed by atoms with Gasteiger partial charge in [0.25, 0.3) is 0 Å². The van der Waals surface area contributed by atoms with Crippen molar-refractivity contribution in [2.75, 3.05) is 26.8 Å². The zero-order chi connectivity index (χ0) is 11.4. The van der Waals surface area contributed by atoms with Crippen molar-refractivity contribution in [3.05, 3.63) is 18.2 Å². The first-order valence-electron chi connectivity index (χ1n) is 6.06. The van der Waals surface area contributed by atoms with Gasteiger partial charge in [-0.2, -0.15) is 0 Å². The van der Waals surface area contributed by atoms with Crippen molar-refractivity contribution in [1.82, 2.24) is 14.9 Å². The first kappa shape index (κ1) is 11.6. The number of rotatable bonds is 7. The lowest BCUT2D eigenvalue weighted by Gasteiger charge is -2.05. The predicted molar refractivity (Wildman–Crippen MR) is 63.5 cm³/mol. The third-order valence-corrected chi connectivity index (χ3v) is 3.28. The van der Waals surface area contributed by atoms with Gasteiger partial charge < -0.3 is 14.6 Å². The first-order valence-corrected chi connectivity index (χ1v) is 6.06. The minimum Gasteiger partial charge on any atom is -0.383 e. The Balaban J connectivity index is 1.74. The van der Waals surface area contributed by atoms with E-state index in [2.05, 4.69) is 21.8 Å². The summed E-state index contributed by atoms with van der Waals surface area (Å²) in [5.74, 6) is 1.51. The van der Waals surface area contributed by atoms with Crippen LogP contribution in [0, 0.1) is 5.92 Å². The van der Waals surface area contributed by atoms with E-state index < -0.39 is 0 Å². The molecule has 2 atom stereocenters. The van der Waals surface area contributed by atoms with Crippen molar-refractivity contribution in [1.29, 1.82) is 0 Å². The van der Waals surface area contributed by atoms with Crippen molar-refractivity contribution in [2.45, 2.75) is 25.8 Å². The number of aryl methyl sites for hydroxylation is 1. The Kier molecular flexibility index (Phi) is 3.96. The molecule has 16 heavy (non-hydrogen) atoms. The number of nitrogens with zero attached hydrogens (tertiary/aromatic N) is 2. The van der Waals surface area contributed by atoms with Crippen molar-refractivity contribution >= 4 is 0 Å². The molecule has 0 amide bonds. The molecule has 4 heteroatoms. The van der Waals surface area contributed by atoms with Crippen LogP contribution in [-0.4, -0.2) is 36.4 Å². The van der Waals surface area contributed by atoms with Crippen LogP contribution in [0.3, 0.4) is 0 Å². The lowest BCUT2D eigenvalue weighted by atomic mass is 10.2. The number of ether oxygens (including phenoxy) is 1. The number of hydrogen-bond donors (Lipinski definition) is 1. The monoisotopic (exact) mass is 223 g/mol. The van der Waals surface area contributed by atoms with Crippen LogP contribution in [0.2, 0.25) is 0 Å². The van der Waals surface area contributed by atoms with Crippen LogP contribution >= 0.6 is 0 Å². The maximum absolute atomic E-state index is 5.00. The molecule has 0 saturated heterocycles. The Hall–Kier alpha value is -0.870. The predicted octanol–water partition coefficient (Wildman–Crippen LogP) is 1.24. The number of aromatic nitrogens is 2. The second-order valence-corrected chi connectivity index (χ2v) is 4.40. The normalized spacial score (nSPS) is 23.6. The van der Waals surface area contributed by atoms with Gasteiger partial charge in [0, 0.05) is 38.0 Å². The van der Waals surface area contributed by atoms with Crippen molar-refractivity contribution in [3.63, 3.8) is 0 Å². The maximum atomic E-state index is 5.00. The minimum absolute atomic E-state index is 0.720. The van der Waals surface area contributed by atoms with Gasteiger partial charge >= 0.3 is 0 Å². The summed E-state index contributed by atoms with van der Waals surface area (Å²) in [5.41, 5.74) is 1.40. The van der Waals surface area contributed by atoms with Gasteiger partial charge in [-0.25, -0.2) is 4.98 Å². The van der Waals surface area contributed by atoms with Crippen LogP contribution in [0.5, 0.6) is 0 Å². The highest BCUT2D eigenvalue weighted by molar-refractivity contribution is 5.16. The van der Waals surface area contributed by atoms with Gasteiger partial charge in [-0.1, -0.05) is 0 Å². The van der Waals surface area contributed by atoms with Gasteiger partial charge in [-0.15, -0.1) is 0 Å². The Bertz CT molecular complexity index is 324. The highest BCUT2D eigenvalue weighted by atomic mass is 16.5. The molecule has 1 aromatic rings. The van der Waals surface area contributed by atoms with Gasteiger partial charge in [0.05, 0.1) is 12.9 Å². The van der Waals surface area contributed by atoms with Crippen LogP contribution in [0.25, 0.3) is 0 Å². The SMILES string of the molecule is CCn1cncc1C1CC1CNCCOC. The van der Waals surface area contributed by atoms with Crippen molar-refractivity contribution in [2.24, 2.45) is 5.92 Å². The van der Waals surface area contributed by atoms with Gasteiger partial charge in [0.1, 0.15) is 0 Å². The van der Waals surface area contributed by atoms with Gasteiger partial charge in [-0.3, -0.25) is 0 Å². The average Bonchev–Trinajstić information content (AvgIpc) is 2.90. The second kappa shape index (κ2) is 5.46. The summed E-state index contributed by atoms with van der Waals surface area (Å²) in [6.45, 7) is 6.04. The molecule has 1 N–H and O–H groups in total. The van der Waals surface area contributed by atoms with Crippen molar-refractivity contribution < 1.29 is 4.74 Å². The molecule has 90 valence electrons. The molecule has 0 aromatic carbocycles. The molecule has 1 heterocycles. The quantitative estimate of drug-likeness (QED) is 0.707. The summed E-state index contributed by atoms with van der Waals surface area (Å²) in [5, 5.41) is 3.42. The standard InChI is InChI=1S/C12H21N3O/c1-3-15-9-14-8-12(15)11-6-10(11)7-13-4-5-16-2/h8-11,13H,3-7H2,1-2H3. The van der Waals surface area contributed by atoms with E-state index in [9.17, 15) is 0 Å². The van der Waals surface area contributed by atoms with E-state index in [-0.39, 0.29) is 0 Å². The van der Waals surface area contributed by atoms with Gasteiger partial charge in [-0.05, 0) is 25.8 Å². The zero-order valence-corrected chi connectivity index (χ0v) is 10.1. The van der Waals surface area contributed by atoms with Crippen molar-refractivity contribution in [3.8, 4) is 0 Å². The van der Waals surface area contributed by atoms with Gasteiger partial charge in [0.15, 0.2) is 0 Å². The molecule has 0 aliphatic heterocycles.